The van der Waals surface area contributed by atoms with Crippen molar-refractivity contribution in [2.75, 3.05) is 6.61 Å². The summed E-state index contributed by atoms with van der Waals surface area (Å²) in [5, 5.41) is 25.3. The lowest BCUT2D eigenvalue weighted by Crippen LogP contribution is -2.55. The number of ether oxygens (including phenoxy) is 1. The molecule has 2 aliphatic rings. The summed E-state index contributed by atoms with van der Waals surface area (Å²) < 4.78 is 5.41. The number of hydrogen-bond donors (Lipinski definition) is 3. The molecule has 10 heteroatoms. The highest BCUT2D eigenvalue weighted by molar-refractivity contribution is 9.11. The van der Waals surface area contributed by atoms with E-state index in [2.05, 4.69) is 31.3 Å². The van der Waals surface area contributed by atoms with Crippen LogP contribution in [0.1, 0.15) is 6.42 Å². The van der Waals surface area contributed by atoms with Crippen molar-refractivity contribution in [1.29, 1.82) is 0 Å². The Labute approximate surface area is 128 Å². The zero-order valence-electron chi connectivity index (χ0n) is 10.8. The number of aliphatic hydroxyl groups excluding tert-OH is 2. The van der Waals surface area contributed by atoms with Crippen LogP contribution in [-0.2, 0) is 4.74 Å². The summed E-state index contributed by atoms with van der Waals surface area (Å²) in [7, 11) is 0. The molecule has 0 saturated carbocycles. The number of nitrogens with zero attached hydrogens (tertiary/aromatic N) is 4. The van der Waals surface area contributed by atoms with Gasteiger partial charge in [0.1, 0.15) is 6.23 Å². The van der Waals surface area contributed by atoms with Crippen molar-refractivity contribution >= 4 is 22.0 Å². The summed E-state index contributed by atoms with van der Waals surface area (Å²) in [4.78, 5) is 17.4. The van der Waals surface area contributed by atoms with E-state index in [-0.39, 0.29) is 13.0 Å². The molecule has 0 bridgehead atoms. The summed E-state index contributed by atoms with van der Waals surface area (Å²) in [6.45, 7) is -0.0435. The quantitative estimate of drug-likeness (QED) is 0.392. The van der Waals surface area contributed by atoms with E-state index in [0.717, 1.165) is 0 Å². The molecule has 1 unspecified atom stereocenters. The van der Waals surface area contributed by atoms with Crippen molar-refractivity contribution in [2.24, 2.45) is 5.11 Å². The average Bonchev–Trinajstić information content (AvgIpc) is 2.45. The Balaban J connectivity index is 2.19. The molecule has 0 aromatic carbocycles. The van der Waals surface area contributed by atoms with E-state index >= 15 is 0 Å². The molecule has 3 N–H and O–H groups in total. The molecule has 1 fully saturated rings. The summed E-state index contributed by atoms with van der Waals surface area (Å²) in [5.74, 6) is 0. The van der Waals surface area contributed by atoms with Gasteiger partial charge in [-0.2, -0.15) is 0 Å². The van der Waals surface area contributed by atoms with Crippen LogP contribution in [0.2, 0.25) is 0 Å². The van der Waals surface area contributed by atoms with Crippen molar-refractivity contribution in [3.63, 3.8) is 0 Å². The number of halogens is 1. The first-order valence-corrected chi connectivity index (χ1v) is 7.07. The van der Waals surface area contributed by atoms with Gasteiger partial charge in [-0.15, -0.1) is 0 Å². The third-order valence-electron chi connectivity index (χ3n) is 3.21. The fourth-order valence-corrected chi connectivity index (χ4v) is 2.43. The molecular weight excluding hydrogens is 346 g/mol. The molecule has 2 amide bonds. The number of nitrogens with one attached hydrogen (secondary N) is 1. The molecule has 4 atom stereocenters. The van der Waals surface area contributed by atoms with Gasteiger partial charge in [0.25, 0.3) is 0 Å². The maximum Gasteiger partial charge on any atom is 0.325 e. The van der Waals surface area contributed by atoms with Gasteiger partial charge < -0.3 is 20.3 Å². The second-order valence-corrected chi connectivity index (χ2v) is 5.07. The van der Waals surface area contributed by atoms with Crippen molar-refractivity contribution in [2.45, 2.75) is 31.0 Å². The molecule has 21 heavy (non-hydrogen) atoms. The smallest absolute Gasteiger partial charge is 0.325 e. The topological polar surface area (TPSA) is 131 Å². The summed E-state index contributed by atoms with van der Waals surface area (Å²) >= 11 is 3.10. The van der Waals surface area contributed by atoms with Gasteiger partial charge in [-0.25, -0.2) is 4.79 Å². The Bertz CT molecular complexity index is 519. The summed E-state index contributed by atoms with van der Waals surface area (Å²) in [6.07, 6.45) is 0.508. The van der Waals surface area contributed by atoms with Crippen LogP contribution in [0.5, 0.6) is 0 Å². The minimum atomic E-state index is -1.11. The van der Waals surface area contributed by atoms with E-state index in [9.17, 15) is 15.0 Å². The van der Waals surface area contributed by atoms with Gasteiger partial charge in [0.2, 0.25) is 0 Å². The minimum Gasteiger partial charge on any atom is -0.390 e. The first-order chi connectivity index (χ1) is 10.1. The van der Waals surface area contributed by atoms with Gasteiger partial charge in [0, 0.05) is 23.1 Å². The van der Waals surface area contributed by atoms with Crippen LogP contribution < -0.4 is 5.32 Å². The molecule has 0 aromatic heterocycles. The normalized spacial score (nSPS) is 33.4. The SMILES string of the molecule is [N-]=[N+]=N[C@@H]1C[C@H](N2C=C(/C=C/Br)C(O)NC2=O)OC[C@H]1O. The molecule has 9 nitrogen and oxygen atoms in total. The van der Waals surface area contributed by atoms with Gasteiger partial charge in [-0.1, -0.05) is 21.0 Å². The predicted octanol–water partition coefficient (Wildman–Crippen LogP) is 0.909. The van der Waals surface area contributed by atoms with Crippen molar-refractivity contribution < 1.29 is 19.7 Å². The summed E-state index contributed by atoms with van der Waals surface area (Å²) in [5.41, 5.74) is 8.95. The molecule has 0 aromatic rings. The molecule has 0 spiro atoms. The van der Waals surface area contributed by atoms with Crippen molar-refractivity contribution in [1.82, 2.24) is 10.2 Å². The fourth-order valence-electron chi connectivity index (χ4n) is 2.12. The highest BCUT2D eigenvalue weighted by Gasteiger charge is 2.36. The molecule has 114 valence electrons. The van der Waals surface area contributed by atoms with Crippen LogP contribution in [0.3, 0.4) is 0 Å². The number of hydrogen-bond acceptors (Lipinski definition) is 5. The number of carbonyl (C=O) groups excluding carboxylic acids is 1. The monoisotopic (exact) mass is 359 g/mol. The largest absolute Gasteiger partial charge is 0.390 e. The van der Waals surface area contributed by atoms with Crippen LogP contribution >= 0.6 is 15.9 Å². The number of aliphatic hydroxyl groups is 2. The van der Waals surface area contributed by atoms with E-state index in [0.29, 0.717) is 5.57 Å². The van der Waals surface area contributed by atoms with E-state index in [4.69, 9.17) is 10.3 Å². The third kappa shape index (κ3) is 3.55. The van der Waals surface area contributed by atoms with Crippen LogP contribution in [0.25, 0.3) is 10.4 Å². The Hall–Kier alpha value is -1.58. The lowest BCUT2D eigenvalue weighted by atomic mass is 10.0. The number of urea groups is 1. The molecule has 2 heterocycles. The van der Waals surface area contributed by atoms with Crippen LogP contribution in [0.15, 0.2) is 27.9 Å². The maximum atomic E-state index is 11.9. The molecular formula is C11H14BrN5O4. The second-order valence-electron chi connectivity index (χ2n) is 4.54. The number of carbonyl (C=O) groups is 1. The van der Waals surface area contributed by atoms with Crippen LogP contribution in [-0.4, -0.2) is 52.4 Å². The maximum absolute atomic E-state index is 11.9. The lowest BCUT2D eigenvalue weighted by Gasteiger charge is -2.39. The zero-order chi connectivity index (χ0) is 15.4. The highest BCUT2D eigenvalue weighted by atomic mass is 79.9. The first kappa shape index (κ1) is 15.8. The predicted molar refractivity (Wildman–Crippen MR) is 75.8 cm³/mol. The van der Waals surface area contributed by atoms with Gasteiger partial charge in [0.15, 0.2) is 6.23 Å². The minimum absolute atomic E-state index is 0.0435. The Morgan fingerprint density at radius 2 is 2.38 bits per heavy atom. The van der Waals surface area contributed by atoms with Gasteiger partial charge in [-0.05, 0) is 16.6 Å². The van der Waals surface area contributed by atoms with Gasteiger partial charge in [0.05, 0.1) is 18.8 Å². The van der Waals surface area contributed by atoms with Crippen LogP contribution in [0.4, 0.5) is 4.79 Å². The van der Waals surface area contributed by atoms with E-state index in [1.54, 1.807) is 11.1 Å². The standard InChI is InChI=1S/C11H14BrN5O4/c12-2-1-6-4-17(11(20)14-10(6)19)9-3-7(15-16-13)8(18)5-21-9/h1-2,4,7-10,18-19H,3,5H2,(H,14,20)/b2-1+/t7-,8-,9-,10?/m1/s1. The van der Waals surface area contributed by atoms with E-state index in [1.165, 1.54) is 11.1 Å². The van der Waals surface area contributed by atoms with Gasteiger partial charge in [-0.3, -0.25) is 4.90 Å². The molecule has 2 rings (SSSR count). The lowest BCUT2D eigenvalue weighted by molar-refractivity contribution is -0.108. The Morgan fingerprint density at radius 1 is 1.62 bits per heavy atom. The van der Waals surface area contributed by atoms with E-state index < -0.39 is 30.6 Å². The molecule has 0 aliphatic carbocycles. The fraction of sp³-hybridized carbons (Fsp3) is 0.545. The van der Waals surface area contributed by atoms with Crippen LogP contribution in [0, 0.1) is 0 Å². The Morgan fingerprint density at radius 3 is 3.05 bits per heavy atom. The molecule has 1 saturated heterocycles. The van der Waals surface area contributed by atoms with E-state index in [1.807, 2.05) is 0 Å². The van der Waals surface area contributed by atoms with Crippen molar-refractivity contribution in [3.8, 4) is 0 Å². The van der Waals surface area contributed by atoms with Gasteiger partial charge >= 0.3 is 6.03 Å². The summed E-state index contributed by atoms with van der Waals surface area (Å²) in [6, 6.07) is -1.20. The third-order valence-corrected chi connectivity index (χ3v) is 3.48. The highest BCUT2D eigenvalue weighted by Crippen LogP contribution is 2.24. The van der Waals surface area contributed by atoms with Crippen molar-refractivity contribution in [3.05, 3.63) is 33.3 Å². The number of amides is 2. The second kappa shape index (κ2) is 6.92. The molecule has 2 aliphatic heterocycles. The number of rotatable bonds is 3. The molecule has 0 radical (unpaired) electrons. The zero-order valence-corrected chi connectivity index (χ0v) is 12.4. The Kier molecular flexibility index (Phi) is 5.21. The number of azide groups is 1. The first-order valence-electron chi connectivity index (χ1n) is 6.16. The average molecular weight is 360 g/mol.